The summed E-state index contributed by atoms with van der Waals surface area (Å²) in [7, 11) is 0. The molecule has 0 saturated carbocycles. The number of nitrogens with zero attached hydrogens (tertiary/aromatic N) is 2. The number of nitro benzene ring substituents is 1. The van der Waals surface area contributed by atoms with Gasteiger partial charge in [-0.15, -0.1) is 0 Å². The van der Waals surface area contributed by atoms with E-state index in [2.05, 4.69) is 5.32 Å². The highest BCUT2D eigenvalue weighted by Gasteiger charge is 2.17. The molecule has 0 bridgehead atoms. The predicted octanol–water partition coefficient (Wildman–Crippen LogP) is 2.90. The van der Waals surface area contributed by atoms with Crippen molar-refractivity contribution in [2.24, 2.45) is 0 Å². The molecule has 0 radical (unpaired) electrons. The largest absolute Gasteiger partial charge is 0.481 e. The summed E-state index contributed by atoms with van der Waals surface area (Å²) in [5.41, 5.74) is 1.08. The molecule has 8 heteroatoms. The maximum absolute atomic E-state index is 12.6. The maximum atomic E-state index is 12.6. The van der Waals surface area contributed by atoms with Crippen molar-refractivity contribution < 1.29 is 19.6 Å². The van der Waals surface area contributed by atoms with E-state index in [9.17, 15) is 19.7 Å². The third-order valence-corrected chi connectivity index (χ3v) is 3.92. The quantitative estimate of drug-likeness (QED) is 0.490. The van der Waals surface area contributed by atoms with Crippen LogP contribution in [0.1, 0.15) is 18.4 Å². The highest BCUT2D eigenvalue weighted by molar-refractivity contribution is 5.82. The Balaban J connectivity index is 2.04. The van der Waals surface area contributed by atoms with Crippen molar-refractivity contribution in [3.05, 3.63) is 70.3 Å². The van der Waals surface area contributed by atoms with E-state index in [1.807, 2.05) is 30.3 Å². The zero-order valence-electron chi connectivity index (χ0n) is 14.7. The standard InChI is InChI=1S/C19H21N3O5/c23-18(13-20-16-9-4-5-10-17(16)22(26)27)21(12-6-11-19(24)25)14-15-7-2-1-3-8-15/h1-5,7-10,20H,6,11-14H2,(H,24,25). The summed E-state index contributed by atoms with van der Waals surface area (Å²) < 4.78 is 0. The van der Waals surface area contributed by atoms with Crippen molar-refractivity contribution >= 4 is 23.3 Å². The first-order valence-electron chi connectivity index (χ1n) is 8.48. The summed E-state index contributed by atoms with van der Waals surface area (Å²) in [4.78, 5) is 35.5. The van der Waals surface area contributed by atoms with Crippen LogP contribution in [0.25, 0.3) is 0 Å². The van der Waals surface area contributed by atoms with E-state index < -0.39 is 10.9 Å². The number of hydrogen-bond donors (Lipinski definition) is 2. The second-order valence-electron chi connectivity index (χ2n) is 5.93. The number of hydrogen-bond acceptors (Lipinski definition) is 5. The van der Waals surface area contributed by atoms with Crippen LogP contribution in [0.2, 0.25) is 0 Å². The Hall–Kier alpha value is -3.42. The van der Waals surface area contributed by atoms with Gasteiger partial charge in [0.25, 0.3) is 5.69 Å². The number of carbonyl (C=O) groups is 2. The predicted molar refractivity (Wildman–Crippen MR) is 100 cm³/mol. The van der Waals surface area contributed by atoms with Gasteiger partial charge in [-0.1, -0.05) is 42.5 Å². The highest BCUT2D eigenvalue weighted by Crippen LogP contribution is 2.22. The van der Waals surface area contributed by atoms with Crippen molar-refractivity contribution in [2.45, 2.75) is 19.4 Å². The van der Waals surface area contributed by atoms with Crippen molar-refractivity contribution in [1.29, 1.82) is 0 Å². The molecule has 27 heavy (non-hydrogen) atoms. The summed E-state index contributed by atoms with van der Waals surface area (Å²) in [5, 5.41) is 22.7. The number of para-hydroxylation sites is 2. The van der Waals surface area contributed by atoms with Gasteiger partial charge >= 0.3 is 5.97 Å². The minimum absolute atomic E-state index is 0.0316. The van der Waals surface area contributed by atoms with Crippen LogP contribution in [0.15, 0.2) is 54.6 Å². The van der Waals surface area contributed by atoms with Gasteiger partial charge in [0.15, 0.2) is 0 Å². The molecule has 0 atom stereocenters. The highest BCUT2D eigenvalue weighted by atomic mass is 16.6. The lowest BCUT2D eigenvalue weighted by atomic mass is 10.2. The summed E-state index contributed by atoms with van der Waals surface area (Å²) in [5.74, 6) is -1.18. The van der Waals surface area contributed by atoms with Crippen LogP contribution in [0, 0.1) is 10.1 Å². The van der Waals surface area contributed by atoms with Gasteiger partial charge in [0.05, 0.1) is 11.5 Å². The molecule has 8 nitrogen and oxygen atoms in total. The van der Waals surface area contributed by atoms with Crippen LogP contribution in [0.5, 0.6) is 0 Å². The van der Waals surface area contributed by atoms with Crippen LogP contribution >= 0.6 is 0 Å². The fourth-order valence-corrected chi connectivity index (χ4v) is 2.58. The fourth-order valence-electron chi connectivity index (χ4n) is 2.58. The van der Waals surface area contributed by atoms with E-state index in [0.717, 1.165) is 5.56 Å². The number of aliphatic carboxylic acids is 1. The second kappa shape index (κ2) is 9.91. The van der Waals surface area contributed by atoms with E-state index in [-0.39, 0.29) is 30.2 Å². The zero-order valence-corrected chi connectivity index (χ0v) is 14.7. The lowest BCUT2D eigenvalue weighted by Crippen LogP contribution is -2.36. The van der Waals surface area contributed by atoms with Crippen LogP contribution in [-0.4, -0.2) is 39.9 Å². The number of carboxylic acid groups (broad SMARTS) is 1. The third-order valence-electron chi connectivity index (χ3n) is 3.92. The van der Waals surface area contributed by atoms with Gasteiger partial charge in [-0.2, -0.15) is 0 Å². The molecule has 0 aliphatic heterocycles. The smallest absolute Gasteiger partial charge is 0.303 e. The van der Waals surface area contributed by atoms with E-state index in [1.54, 1.807) is 17.0 Å². The number of anilines is 1. The monoisotopic (exact) mass is 371 g/mol. The van der Waals surface area contributed by atoms with Gasteiger partial charge in [-0.05, 0) is 18.1 Å². The molecule has 0 aliphatic carbocycles. The number of rotatable bonds is 10. The Morgan fingerprint density at radius 1 is 1.07 bits per heavy atom. The van der Waals surface area contributed by atoms with Crippen molar-refractivity contribution in [3.8, 4) is 0 Å². The number of benzene rings is 2. The second-order valence-corrected chi connectivity index (χ2v) is 5.93. The van der Waals surface area contributed by atoms with Crippen molar-refractivity contribution in [2.75, 3.05) is 18.4 Å². The van der Waals surface area contributed by atoms with E-state index in [4.69, 9.17) is 5.11 Å². The minimum Gasteiger partial charge on any atom is -0.481 e. The summed E-state index contributed by atoms with van der Waals surface area (Å²) in [6.45, 7) is 0.515. The Morgan fingerprint density at radius 3 is 2.41 bits per heavy atom. The molecular formula is C19H21N3O5. The van der Waals surface area contributed by atoms with E-state index >= 15 is 0 Å². The number of carboxylic acids is 1. The van der Waals surface area contributed by atoms with Crippen molar-refractivity contribution in [3.63, 3.8) is 0 Å². The number of carbonyl (C=O) groups excluding carboxylic acids is 1. The van der Waals surface area contributed by atoms with Gasteiger partial charge in [-0.25, -0.2) is 0 Å². The minimum atomic E-state index is -0.917. The number of nitrogens with one attached hydrogen (secondary N) is 1. The lowest BCUT2D eigenvalue weighted by Gasteiger charge is -2.23. The summed E-state index contributed by atoms with van der Waals surface area (Å²) in [6, 6.07) is 15.5. The molecule has 2 aromatic rings. The molecule has 0 heterocycles. The number of amides is 1. The average Bonchev–Trinajstić information content (AvgIpc) is 2.66. The molecule has 0 aliphatic rings. The zero-order chi connectivity index (χ0) is 19.6. The molecule has 142 valence electrons. The van der Waals surface area contributed by atoms with Crippen LogP contribution in [0.4, 0.5) is 11.4 Å². The van der Waals surface area contributed by atoms with E-state index in [0.29, 0.717) is 19.5 Å². The summed E-state index contributed by atoms with van der Waals surface area (Å²) >= 11 is 0. The van der Waals surface area contributed by atoms with E-state index in [1.165, 1.54) is 12.1 Å². The van der Waals surface area contributed by atoms with Crippen LogP contribution < -0.4 is 5.32 Å². The first kappa shape index (κ1) is 19.9. The SMILES string of the molecule is O=C(O)CCCN(Cc1ccccc1)C(=O)CNc1ccccc1[N+](=O)[O-]. The van der Waals surface area contributed by atoms with Crippen molar-refractivity contribution in [1.82, 2.24) is 4.90 Å². The van der Waals surface area contributed by atoms with Crippen LogP contribution in [0.3, 0.4) is 0 Å². The Bertz CT molecular complexity index is 795. The molecule has 0 aromatic heterocycles. The fraction of sp³-hybridized carbons (Fsp3) is 0.263. The van der Waals surface area contributed by atoms with Gasteiger partial charge < -0.3 is 15.3 Å². The Morgan fingerprint density at radius 2 is 1.74 bits per heavy atom. The molecule has 0 fully saturated rings. The Kier molecular flexibility index (Phi) is 7.30. The van der Waals surface area contributed by atoms with Gasteiger partial charge in [-0.3, -0.25) is 19.7 Å². The molecule has 2 rings (SSSR count). The molecule has 0 unspecified atom stereocenters. The first-order chi connectivity index (χ1) is 13.0. The molecule has 2 N–H and O–H groups in total. The first-order valence-corrected chi connectivity index (χ1v) is 8.48. The average molecular weight is 371 g/mol. The molecule has 1 amide bonds. The summed E-state index contributed by atoms with van der Waals surface area (Å²) in [6.07, 6.45) is 0.301. The molecule has 0 spiro atoms. The lowest BCUT2D eigenvalue weighted by molar-refractivity contribution is -0.383. The molecular weight excluding hydrogens is 350 g/mol. The molecule has 2 aromatic carbocycles. The normalized spacial score (nSPS) is 10.2. The maximum Gasteiger partial charge on any atom is 0.303 e. The Labute approximate surface area is 156 Å². The molecule has 0 saturated heterocycles. The topological polar surface area (TPSA) is 113 Å². The third kappa shape index (κ3) is 6.43. The number of nitro groups is 1. The van der Waals surface area contributed by atoms with Gasteiger partial charge in [0.2, 0.25) is 5.91 Å². The van der Waals surface area contributed by atoms with Gasteiger partial charge in [0.1, 0.15) is 5.69 Å². The van der Waals surface area contributed by atoms with Gasteiger partial charge in [0, 0.05) is 25.6 Å². The van der Waals surface area contributed by atoms with Crippen LogP contribution in [-0.2, 0) is 16.1 Å².